The van der Waals surface area contributed by atoms with Gasteiger partial charge in [-0.1, -0.05) is 32.6 Å². The zero-order chi connectivity index (χ0) is 7.40. The van der Waals surface area contributed by atoms with Crippen molar-refractivity contribution in [2.75, 3.05) is 0 Å². The van der Waals surface area contributed by atoms with Gasteiger partial charge in [-0.25, -0.2) is 0 Å². The van der Waals surface area contributed by atoms with Crippen molar-refractivity contribution in [1.29, 1.82) is 0 Å². The summed E-state index contributed by atoms with van der Waals surface area (Å²) in [5.41, 5.74) is 5.95. The Bertz CT molecular complexity index is 78.7. The minimum atomic E-state index is 0.486. The van der Waals surface area contributed by atoms with E-state index in [1.54, 1.807) is 0 Å². The van der Waals surface area contributed by atoms with Gasteiger partial charge in [0.15, 0.2) is 0 Å². The van der Waals surface area contributed by atoms with Gasteiger partial charge < -0.3 is 5.73 Å². The highest BCUT2D eigenvalue weighted by atomic mass is 14.6. The second-order valence-corrected chi connectivity index (χ2v) is 3.63. The molecule has 1 rings (SSSR count). The molecule has 60 valence electrons. The Kier molecular flexibility index (Phi) is 3.20. The zero-order valence-electron chi connectivity index (χ0n) is 6.97. The van der Waals surface area contributed by atoms with Crippen LogP contribution >= 0.6 is 0 Å². The second-order valence-electron chi connectivity index (χ2n) is 3.63. The maximum Gasteiger partial charge on any atom is 0.00645 e. The lowest BCUT2D eigenvalue weighted by Crippen LogP contribution is -2.28. The lowest BCUT2D eigenvalue weighted by Gasteiger charge is -2.22. The topological polar surface area (TPSA) is 26.0 Å². The molecule has 1 saturated carbocycles. The average molecular weight is 141 g/mol. The minimum absolute atomic E-state index is 0.486. The Hall–Kier alpha value is -0.0400. The summed E-state index contributed by atoms with van der Waals surface area (Å²) in [4.78, 5) is 0. The van der Waals surface area contributed by atoms with Crippen LogP contribution in [0.15, 0.2) is 0 Å². The lowest BCUT2D eigenvalue weighted by molar-refractivity contribution is 0.353. The summed E-state index contributed by atoms with van der Waals surface area (Å²) in [6.45, 7) is 2.29. The first-order valence-corrected chi connectivity index (χ1v) is 4.56. The third-order valence-electron chi connectivity index (χ3n) is 2.68. The molecule has 0 spiro atoms. The maximum atomic E-state index is 5.95. The normalized spacial score (nSPS) is 36.6. The van der Waals surface area contributed by atoms with E-state index in [-0.39, 0.29) is 0 Å². The summed E-state index contributed by atoms with van der Waals surface area (Å²) in [6, 6.07) is 0.486. The van der Waals surface area contributed by atoms with E-state index < -0.39 is 0 Å². The van der Waals surface area contributed by atoms with Crippen LogP contribution in [0.3, 0.4) is 0 Å². The predicted octanol–water partition coefficient (Wildman–Crippen LogP) is 2.30. The molecule has 10 heavy (non-hydrogen) atoms. The van der Waals surface area contributed by atoms with Crippen LogP contribution in [-0.2, 0) is 0 Å². The van der Waals surface area contributed by atoms with Crippen molar-refractivity contribution < 1.29 is 0 Å². The third kappa shape index (κ3) is 2.30. The van der Waals surface area contributed by atoms with Crippen molar-refractivity contribution in [1.82, 2.24) is 0 Å². The Morgan fingerprint density at radius 2 is 1.60 bits per heavy atom. The fourth-order valence-electron chi connectivity index (χ4n) is 1.70. The van der Waals surface area contributed by atoms with Crippen LogP contribution in [0.5, 0.6) is 0 Å². The van der Waals surface area contributed by atoms with Crippen LogP contribution in [0, 0.1) is 5.92 Å². The molecule has 0 saturated heterocycles. The van der Waals surface area contributed by atoms with Crippen LogP contribution in [-0.4, -0.2) is 6.04 Å². The predicted molar refractivity (Wildman–Crippen MR) is 44.8 cm³/mol. The lowest BCUT2D eigenvalue weighted by atomic mass is 9.89. The van der Waals surface area contributed by atoms with Crippen molar-refractivity contribution in [2.45, 2.75) is 51.5 Å². The molecular weight excluding hydrogens is 122 g/mol. The van der Waals surface area contributed by atoms with Gasteiger partial charge >= 0.3 is 0 Å². The van der Waals surface area contributed by atoms with Gasteiger partial charge in [-0.15, -0.1) is 0 Å². The van der Waals surface area contributed by atoms with Gasteiger partial charge in [0.1, 0.15) is 0 Å². The van der Waals surface area contributed by atoms with Gasteiger partial charge in [-0.05, 0) is 18.8 Å². The molecule has 1 aliphatic rings. The van der Waals surface area contributed by atoms with Crippen molar-refractivity contribution in [2.24, 2.45) is 11.7 Å². The molecule has 1 fully saturated rings. The highest BCUT2D eigenvalue weighted by molar-refractivity contribution is 4.71. The number of hydrogen-bond donors (Lipinski definition) is 1. The zero-order valence-corrected chi connectivity index (χ0v) is 6.97. The fourth-order valence-corrected chi connectivity index (χ4v) is 1.70. The summed E-state index contributed by atoms with van der Waals surface area (Å²) >= 11 is 0. The summed E-state index contributed by atoms with van der Waals surface area (Å²) in [6.07, 6.45) is 8.18. The van der Waals surface area contributed by atoms with Crippen molar-refractivity contribution in [3.8, 4) is 0 Å². The Labute approximate surface area is 64.0 Å². The van der Waals surface area contributed by atoms with E-state index >= 15 is 0 Å². The van der Waals surface area contributed by atoms with Crippen LogP contribution in [0.2, 0.25) is 0 Å². The van der Waals surface area contributed by atoms with Crippen molar-refractivity contribution in [3.63, 3.8) is 0 Å². The maximum absolute atomic E-state index is 5.95. The SMILES string of the molecule is CC1CCCCCCC1N. The summed E-state index contributed by atoms with van der Waals surface area (Å²) in [5.74, 6) is 0.764. The molecule has 0 aliphatic heterocycles. The van der Waals surface area contributed by atoms with Crippen molar-refractivity contribution >= 4 is 0 Å². The van der Waals surface area contributed by atoms with Gasteiger partial charge in [-0.3, -0.25) is 0 Å². The first kappa shape index (κ1) is 8.06. The summed E-state index contributed by atoms with van der Waals surface area (Å²) in [7, 11) is 0. The van der Waals surface area contributed by atoms with Gasteiger partial charge in [0.05, 0.1) is 0 Å². The molecule has 0 bridgehead atoms. The summed E-state index contributed by atoms with van der Waals surface area (Å²) in [5, 5.41) is 0. The Morgan fingerprint density at radius 3 is 2.30 bits per heavy atom. The van der Waals surface area contributed by atoms with E-state index in [0.717, 1.165) is 5.92 Å². The molecular formula is C9H19N. The number of hydrogen-bond acceptors (Lipinski definition) is 1. The van der Waals surface area contributed by atoms with E-state index in [1.165, 1.54) is 38.5 Å². The fraction of sp³-hybridized carbons (Fsp3) is 1.00. The second kappa shape index (κ2) is 3.97. The number of nitrogens with two attached hydrogens (primary N) is 1. The van der Waals surface area contributed by atoms with Crippen LogP contribution in [0.25, 0.3) is 0 Å². The molecule has 0 aromatic carbocycles. The molecule has 0 radical (unpaired) electrons. The number of rotatable bonds is 0. The average Bonchev–Trinajstić information content (AvgIpc) is 1.92. The molecule has 2 atom stereocenters. The molecule has 1 aliphatic carbocycles. The summed E-state index contributed by atoms with van der Waals surface area (Å²) < 4.78 is 0. The van der Waals surface area contributed by atoms with Crippen LogP contribution in [0.1, 0.15) is 45.4 Å². The van der Waals surface area contributed by atoms with Crippen LogP contribution < -0.4 is 5.73 Å². The minimum Gasteiger partial charge on any atom is -0.327 e. The van der Waals surface area contributed by atoms with E-state index in [2.05, 4.69) is 6.92 Å². The van der Waals surface area contributed by atoms with E-state index in [0.29, 0.717) is 6.04 Å². The van der Waals surface area contributed by atoms with Gasteiger partial charge in [0.2, 0.25) is 0 Å². The standard InChI is InChI=1S/C9H19N/c1-8-6-4-2-3-5-7-9(8)10/h8-9H,2-7,10H2,1H3. The van der Waals surface area contributed by atoms with Gasteiger partial charge in [-0.2, -0.15) is 0 Å². The van der Waals surface area contributed by atoms with Crippen molar-refractivity contribution in [3.05, 3.63) is 0 Å². The molecule has 1 heteroatoms. The molecule has 0 amide bonds. The molecule has 1 nitrogen and oxygen atoms in total. The Balaban J connectivity index is 2.28. The molecule has 0 aromatic heterocycles. The van der Waals surface area contributed by atoms with E-state index in [1.807, 2.05) is 0 Å². The molecule has 0 heterocycles. The first-order valence-electron chi connectivity index (χ1n) is 4.56. The highest BCUT2D eigenvalue weighted by Gasteiger charge is 2.13. The third-order valence-corrected chi connectivity index (χ3v) is 2.68. The monoisotopic (exact) mass is 141 g/mol. The highest BCUT2D eigenvalue weighted by Crippen LogP contribution is 2.20. The quantitative estimate of drug-likeness (QED) is 0.550. The van der Waals surface area contributed by atoms with E-state index in [9.17, 15) is 0 Å². The van der Waals surface area contributed by atoms with E-state index in [4.69, 9.17) is 5.73 Å². The Morgan fingerprint density at radius 1 is 1.00 bits per heavy atom. The van der Waals surface area contributed by atoms with Crippen LogP contribution in [0.4, 0.5) is 0 Å². The largest absolute Gasteiger partial charge is 0.327 e. The molecule has 0 aromatic rings. The smallest absolute Gasteiger partial charge is 0.00645 e. The molecule has 2 unspecified atom stereocenters. The first-order chi connectivity index (χ1) is 4.80. The molecule has 2 N–H and O–H groups in total. The van der Waals surface area contributed by atoms with Gasteiger partial charge in [0, 0.05) is 6.04 Å². The van der Waals surface area contributed by atoms with Gasteiger partial charge in [0.25, 0.3) is 0 Å².